The van der Waals surface area contributed by atoms with Gasteiger partial charge in [-0.25, -0.2) is 15.0 Å². The molecule has 6 heteroatoms. The van der Waals surface area contributed by atoms with Gasteiger partial charge < -0.3 is 13.3 Å². The van der Waals surface area contributed by atoms with Crippen molar-refractivity contribution in [2.24, 2.45) is 0 Å². The van der Waals surface area contributed by atoms with Gasteiger partial charge >= 0.3 is 0 Å². The van der Waals surface area contributed by atoms with E-state index in [2.05, 4.69) is 72.8 Å². The van der Waals surface area contributed by atoms with E-state index in [1.165, 1.54) is 0 Å². The van der Waals surface area contributed by atoms with Crippen LogP contribution >= 0.6 is 0 Å². The van der Waals surface area contributed by atoms with Crippen LogP contribution in [0.25, 0.3) is 105 Å². The highest BCUT2D eigenvalue weighted by molar-refractivity contribution is 6.22. The molecule has 0 unspecified atom stereocenters. The minimum atomic E-state index is 0.588. The fraction of sp³-hybridized carbons (Fsp3) is 0.0444. The molecule has 4 heterocycles. The fourth-order valence-electron chi connectivity index (χ4n) is 7.79. The zero-order valence-electron chi connectivity index (χ0n) is 27.3. The van der Waals surface area contributed by atoms with Crippen LogP contribution in [0.3, 0.4) is 0 Å². The summed E-state index contributed by atoms with van der Waals surface area (Å²) >= 11 is 0. The normalized spacial score (nSPS) is 13.4. The molecule has 10 aromatic rings. The monoisotopic (exact) mass is 657 g/mol. The summed E-state index contributed by atoms with van der Waals surface area (Å²) in [6.45, 7) is 0. The van der Waals surface area contributed by atoms with Gasteiger partial charge in [-0.2, -0.15) is 0 Å². The Morgan fingerprint density at radius 3 is 1.41 bits per heavy atom. The van der Waals surface area contributed by atoms with Crippen molar-refractivity contribution in [3.8, 4) is 33.9 Å². The molecule has 0 N–H and O–H groups in total. The Morgan fingerprint density at radius 1 is 0.392 bits per heavy atom. The number of aromatic nitrogens is 3. The highest BCUT2D eigenvalue weighted by atomic mass is 16.3. The van der Waals surface area contributed by atoms with Crippen LogP contribution in [0.1, 0.15) is 18.7 Å². The number of rotatable bonds is 4. The van der Waals surface area contributed by atoms with E-state index in [1.807, 2.05) is 66.7 Å². The third kappa shape index (κ3) is 4.26. The highest BCUT2D eigenvalue weighted by Gasteiger charge is 2.23. The lowest BCUT2D eigenvalue weighted by Crippen LogP contribution is -2.04. The number of furan rings is 3. The maximum absolute atomic E-state index is 6.59. The van der Waals surface area contributed by atoms with Crippen LogP contribution in [0.5, 0.6) is 0 Å². The summed E-state index contributed by atoms with van der Waals surface area (Å²) in [6.07, 6.45) is 8.16. The van der Waals surface area contributed by atoms with E-state index in [1.54, 1.807) is 0 Å². The van der Waals surface area contributed by atoms with Crippen molar-refractivity contribution in [3.63, 3.8) is 0 Å². The zero-order valence-corrected chi connectivity index (χ0v) is 27.3. The summed E-state index contributed by atoms with van der Waals surface area (Å²) < 4.78 is 19.2. The molecule has 0 bridgehead atoms. The lowest BCUT2D eigenvalue weighted by Gasteiger charge is -2.13. The lowest BCUT2D eigenvalue weighted by molar-refractivity contribution is 0.668. The first kappa shape index (κ1) is 28.1. The van der Waals surface area contributed by atoms with Crippen LogP contribution in [-0.4, -0.2) is 15.0 Å². The Kier molecular flexibility index (Phi) is 5.98. The molecule has 6 nitrogen and oxygen atoms in total. The number of benzene rings is 6. The molecule has 0 saturated carbocycles. The molecule has 0 spiro atoms. The van der Waals surface area contributed by atoms with Gasteiger partial charge in [0.05, 0.1) is 0 Å². The Hall–Kier alpha value is -6.79. The highest BCUT2D eigenvalue weighted by Crippen LogP contribution is 2.45. The van der Waals surface area contributed by atoms with Crippen molar-refractivity contribution in [1.29, 1.82) is 0 Å². The quantitative estimate of drug-likeness (QED) is 0.187. The van der Waals surface area contributed by atoms with Crippen LogP contribution in [0, 0.1) is 0 Å². The number of hydrogen-bond donors (Lipinski definition) is 0. The Bertz CT molecular complexity index is 3100. The van der Waals surface area contributed by atoms with E-state index in [0.717, 1.165) is 106 Å². The number of fused-ring (bicyclic) bond motifs is 9. The second-order valence-corrected chi connectivity index (χ2v) is 13.0. The van der Waals surface area contributed by atoms with Crippen molar-refractivity contribution >= 4 is 71.4 Å². The molecule has 0 aliphatic heterocycles. The maximum Gasteiger partial charge on any atom is 0.164 e. The molecule has 1 aliphatic carbocycles. The molecule has 0 radical (unpaired) electrons. The molecule has 6 aromatic carbocycles. The Balaban J connectivity index is 1.21. The van der Waals surface area contributed by atoms with Gasteiger partial charge in [0.2, 0.25) is 0 Å². The van der Waals surface area contributed by atoms with E-state index >= 15 is 0 Å². The fourth-order valence-corrected chi connectivity index (χ4v) is 7.79. The maximum atomic E-state index is 6.59. The molecule has 51 heavy (non-hydrogen) atoms. The van der Waals surface area contributed by atoms with Gasteiger partial charge in [0.1, 0.15) is 33.5 Å². The third-order valence-corrected chi connectivity index (χ3v) is 10.0. The average molecular weight is 658 g/mol. The lowest BCUT2D eigenvalue weighted by atomic mass is 9.94. The molecule has 240 valence electrons. The molecule has 11 rings (SSSR count). The van der Waals surface area contributed by atoms with Crippen molar-refractivity contribution in [2.45, 2.75) is 12.8 Å². The Morgan fingerprint density at radius 2 is 0.824 bits per heavy atom. The number of nitrogens with zero attached hydrogens (tertiary/aromatic N) is 3. The second-order valence-electron chi connectivity index (χ2n) is 13.0. The second kappa shape index (κ2) is 10.9. The molecule has 4 aromatic heterocycles. The summed E-state index contributed by atoms with van der Waals surface area (Å²) in [4.78, 5) is 15.6. The topological polar surface area (TPSA) is 78.1 Å². The minimum absolute atomic E-state index is 0.588. The van der Waals surface area contributed by atoms with Gasteiger partial charge in [0.15, 0.2) is 17.5 Å². The van der Waals surface area contributed by atoms with Crippen molar-refractivity contribution in [1.82, 2.24) is 15.0 Å². The van der Waals surface area contributed by atoms with Crippen LogP contribution in [0.15, 0.2) is 153 Å². The standard InChI is InChI=1S/C45H27N3O3/c1-2-12-26(13-3-1)43-46-44(31-18-10-23-36-40(31)30-15-5-7-21-34(30)50-36)48-45(47-43)32-19-11-25-38-42(32)41-28(17-9-24-37(41)51-38)27-16-8-22-35-39(27)29-14-4-6-20-33(29)49-35/h1-2,4-12,14-25H,3,13H2. The zero-order chi connectivity index (χ0) is 33.5. The van der Waals surface area contributed by atoms with E-state index < -0.39 is 0 Å². The first-order valence-corrected chi connectivity index (χ1v) is 17.2. The third-order valence-electron chi connectivity index (χ3n) is 10.0. The van der Waals surface area contributed by atoms with Gasteiger partial charge in [0, 0.05) is 43.4 Å². The molecule has 0 atom stereocenters. The summed E-state index contributed by atoms with van der Waals surface area (Å²) in [5, 5.41) is 6.14. The minimum Gasteiger partial charge on any atom is -0.456 e. The molecule has 0 saturated heterocycles. The first-order valence-electron chi connectivity index (χ1n) is 17.2. The van der Waals surface area contributed by atoms with Crippen LogP contribution < -0.4 is 0 Å². The van der Waals surface area contributed by atoms with Gasteiger partial charge in [-0.1, -0.05) is 103 Å². The predicted octanol–water partition coefficient (Wildman–Crippen LogP) is 12.3. The predicted molar refractivity (Wildman–Crippen MR) is 204 cm³/mol. The Labute approximate surface area is 291 Å². The van der Waals surface area contributed by atoms with E-state index in [-0.39, 0.29) is 0 Å². The summed E-state index contributed by atoms with van der Waals surface area (Å²) in [6, 6.07) is 41.0. The van der Waals surface area contributed by atoms with Gasteiger partial charge in [-0.05, 0) is 65.9 Å². The van der Waals surface area contributed by atoms with Gasteiger partial charge in [-0.3, -0.25) is 0 Å². The SMILES string of the molecule is C1=CCCC(c2nc(-c3cccc4oc5ccccc5c34)nc(-c3cccc4oc5cccc(-c6cccc7oc8ccccc8c67)c5c34)n2)=C1. The van der Waals surface area contributed by atoms with Crippen LogP contribution in [0.2, 0.25) is 0 Å². The van der Waals surface area contributed by atoms with Gasteiger partial charge in [-0.15, -0.1) is 0 Å². The molecule has 0 fully saturated rings. The number of para-hydroxylation sites is 2. The van der Waals surface area contributed by atoms with Crippen LogP contribution in [-0.2, 0) is 0 Å². The largest absolute Gasteiger partial charge is 0.456 e. The summed E-state index contributed by atoms with van der Waals surface area (Å²) in [7, 11) is 0. The summed E-state index contributed by atoms with van der Waals surface area (Å²) in [5.41, 5.74) is 9.90. The molecule has 0 amide bonds. The number of hydrogen-bond acceptors (Lipinski definition) is 6. The first-order chi connectivity index (χ1) is 25.3. The van der Waals surface area contributed by atoms with Crippen molar-refractivity contribution in [3.05, 3.63) is 145 Å². The molecular formula is C45H27N3O3. The summed E-state index contributed by atoms with van der Waals surface area (Å²) in [5.74, 6) is 1.86. The van der Waals surface area contributed by atoms with Gasteiger partial charge in [0.25, 0.3) is 0 Å². The smallest absolute Gasteiger partial charge is 0.164 e. The number of allylic oxidation sites excluding steroid dienone is 4. The van der Waals surface area contributed by atoms with E-state index in [9.17, 15) is 0 Å². The van der Waals surface area contributed by atoms with E-state index in [0.29, 0.717) is 17.5 Å². The average Bonchev–Trinajstić information content (AvgIpc) is 3.89. The molecule has 1 aliphatic rings. The van der Waals surface area contributed by atoms with Crippen molar-refractivity contribution in [2.75, 3.05) is 0 Å². The van der Waals surface area contributed by atoms with Crippen LogP contribution in [0.4, 0.5) is 0 Å². The van der Waals surface area contributed by atoms with E-state index in [4.69, 9.17) is 28.2 Å². The molecular weight excluding hydrogens is 631 g/mol. The van der Waals surface area contributed by atoms with Crippen molar-refractivity contribution < 1.29 is 13.3 Å².